The zero-order valence-electron chi connectivity index (χ0n) is 17.0. The molecule has 5 heteroatoms. The lowest BCUT2D eigenvalue weighted by Crippen LogP contribution is -2.40. The van der Waals surface area contributed by atoms with Crippen molar-refractivity contribution < 1.29 is 9.59 Å². The van der Waals surface area contributed by atoms with Gasteiger partial charge in [0.2, 0.25) is 0 Å². The molecule has 1 atom stereocenters. The number of likely N-dealkylation sites (tertiary alicyclic amines) is 1. The van der Waals surface area contributed by atoms with Gasteiger partial charge in [0.25, 0.3) is 11.8 Å². The van der Waals surface area contributed by atoms with Gasteiger partial charge in [0.15, 0.2) is 0 Å². The maximum Gasteiger partial charge on any atom is 0.272 e. The molecule has 1 saturated heterocycles. The molecule has 1 aromatic carbocycles. The predicted molar refractivity (Wildman–Crippen MR) is 110 cm³/mol. The molecule has 0 aliphatic carbocycles. The number of amides is 2. The van der Waals surface area contributed by atoms with Crippen molar-refractivity contribution in [2.75, 3.05) is 13.1 Å². The Kier molecular flexibility index (Phi) is 6.45. The van der Waals surface area contributed by atoms with Crippen LogP contribution in [0.15, 0.2) is 48.7 Å². The van der Waals surface area contributed by atoms with Crippen molar-refractivity contribution >= 4 is 11.8 Å². The summed E-state index contributed by atoms with van der Waals surface area (Å²) in [5, 5.41) is 0. The quantitative estimate of drug-likeness (QED) is 0.789. The lowest BCUT2D eigenvalue weighted by molar-refractivity contribution is 0.0676. The monoisotopic (exact) mass is 379 g/mol. The Bertz CT molecular complexity index is 820. The van der Waals surface area contributed by atoms with E-state index in [-0.39, 0.29) is 17.9 Å². The second kappa shape index (κ2) is 9.00. The lowest BCUT2D eigenvalue weighted by Gasteiger charge is -2.31. The van der Waals surface area contributed by atoms with Crippen LogP contribution in [0.1, 0.15) is 60.0 Å². The first kappa shape index (κ1) is 20.1. The molecule has 1 aromatic heterocycles. The largest absolute Gasteiger partial charge is 0.337 e. The summed E-state index contributed by atoms with van der Waals surface area (Å²) < 4.78 is 0. The highest BCUT2D eigenvalue weighted by Crippen LogP contribution is 2.19. The number of piperidine rings is 1. The number of hydrogen-bond donors (Lipinski definition) is 0. The maximum atomic E-state index is 13.2. The maximum absolute atomic E-state index is 13.2. The minimum atomic E-state index is -0.0830. The van der Waals surface area contributed by atoms with Gasteiger partial charge < -0.3 is 9.80 Å². The number of carbonyl (C=O) groups is 2. The summed E-state index contributed by atoms with van der Waals surface area (Å²) in [7, 11) is 0. The topological polar surface area (TPSA) is 53.5 Å². The van der Waals surface area contributed by atoms with Crippen molar-refractivity contribution in [3.8, 4) is 0 Å². The third-order valence-corrected chi connectivity index (χ3v) is 5.25. The fourth-order valence-electron chi connectivity index (χ4n) is 3.65. The van der Waals surface area contributed by atoms with Crippen molar-refractivity contribution in [3.05, 3.63) is 65.5 Å². The number of hydrogen-bond acceptors (Lipinski definition) is 3. The molecule has 28 heavy (non-hydrogen) atoms. The summed E-state index contributed by atoms with van der Waals surface area (Å²) in [5.41, 5.74) is 1.94. The van der Waals surface area contributed by atoms with E-state index in [0.717, 1.165) is 31.5 Å². The van der Waals surface area contributed by atoms with Crippen LogP contribution in [-0.2, 0) is 6.54 Å². The van der Waals surface area contributed by atoms with Crippen molar-refractivity contribution in [1.29, 1.82) is 0 Å². The van der Waals surface area contributed by atoms with Crippen LogP contribution in [0.3, 0.4) is 0 Å². The molecule has 0 N–H and O–H groups in total. The van der Waals surface area contributed by atoms with Crippen molar-refractivity contribution in [3.63, 3.8) is 0 Å². The third kappa shape index (κ3) is 4.77. The van der Waals surface area contributed by atoms with E-state index in [1.165, 1.54) is 0 Å². The lowest BCUT2D eigenvalue weighted by atomic mass is 10.00. The first-order valence-electron chi connectivity index (χ1n) is 10.1. The van der Waals surface area contributed by atoms with Gasteiger partial charge in [-0.15, -0.1) is 0 Å². The molecule has 0 radical (unpaired) electrons. The first-order valence-corrected chi connectivity index (χ1v) is 10.1. The van der Waals surface area contributed by atoms with E-state index >= 15 is 0 Å². The van der Waals surface area contributed by atoms with Gasteiger partial charge in [-0.05, 0) is 50.3 Å². The molecule has 1 unspecified atom stereocenters. The number of aromatic nitrogens is 1. The average molecular weight is 380 g/mol. The van der Waals surface area contributed by atoms with Crippen LogP contribution in [0, 0.1) is 5.92 Å². The predicted octanol–water partition coefficient (Wildman–Crippen LogP) is 4.00. The molecule has 0 spiro atoms. The van der Waals surface area contributed by atoms with Crippen LogP contribution < -0.4 is 0 Å². The Morgan fingerprint density at radius 3 is 2.64 bits per heavy atom. The van der Waals surface area contributed by atoms with Crippen molar-refractivity contribution in [2.45, 2.75) is 46.2 Å². The van der Waals surface area contributed by atoms with Gasteiger partial charge in [0.05, 0.1) is 0 Å². The molecule has 2 heterocycles. The van der Waals surface area contributed by atoms with Gasteiger partial charge in [-0.3, -0.25) is 14.6 Å². The fourth-order valence-corrected chi connectivity index (χ4v) is 3.65. The van der Waals surface area contributed by atoms with E-state index in [0.29, 0.717) is 23.7 Å². The summed E-state index contributed by atoms with van der Waals surface area (Å²) in [6, 6.07) is 13.3. The van der Waals surface area contributed by atoms with Gasteiger partial charge in [0.1, 0.15) is 5.69 Å². The van der Waals surface area contributed by atoms with Crippen LogP contribution in [0.5, 0.6) is 0 Å². The molecule has 0 bridgehead atoms. The normalized spacial score (nSPS) is 16.9. The Morgan fingerprint density at radius 2 is 1.96 bits per heavy atom. The van der Waals surface area contributed by atoms with Crippen molar-refractivity contribution in [2.24, 2.45) is 5.92 Å². The molecule has 2 aromatic rings. The zero-order valence-corrected chi connectivity index (χ0v) is 17.0. The second-order valence-corrected chi connectivity index (χ2v) is 7.94. The van der Waals surface area contributed by atoms with Crippen molar-refractivity contribution in [1.82, 2.24) is 14.8 Å². The average Bonchev–Trinajstić information content (AvgIpc) is 2.71. The molecular formula is C23H29N3O2. The van der Waals surface area contributed by atoms with Gasteiger partial charge in [0, 0.05) is 37.4 Å². The summed E-state index contributed by atoms with van der Waals surface area (Å²) in [6.07, 6.45) is 3.73. The highest BCUT2D eigenvalue weighted by molar-refractivity contribution is 5.98. The number of pyridine rings is 1. The zero-order chi connectivity index (χ0) is 20.1. The molecular weight excluding hydrogens is 350 g/mol. The minimum Gasteiger partial charge on any atom is -0.337 e. The molecule has 148 valence electrons. The van der Waals surface area contributed by atoms with Crippen LogP contribution in [0.2, 0.25) is 0 Å². The summed E-state index contributed by atoms with van der Waals surface area (Å²) in [4.78, 5) is 33.9. The molecule has 1 aliphatic heterocycles. The van der Waals surface area contributed by atoms with E-state index in [1.54, 1.807) is 18.3 Å². The Morgan fingerprint density at radius 1 is 1.21 bits per heavy atom. The highest BCUT2D eigenvalue weighted by Gasteiger charge is 2.25. The van der Waals surface area contributed by atoms with E-state index in [1.807, 2.05) is 54.0 Å². The van der Waals surface area contributed by atoms with Crippen LogP contribution in [0.25, 0.3) is 0 Å². The highest BCUT2D eigenvalue weighted by atomic mass is 16.2. The van der Waals surface area contributed by atoms with E-state index in [9.17, 15) is 9.59 Å². The summed E-state index contributed by atoms with van der Waals surface area (Å²) >= 11 is 0. The Labute approximate surface area is 167 Å². The van der Waals surface area contributed by atoms with Crippen LogP contribution in [0.4, 0.5) is 0 Å². The third-order valence-electron chi connectivity index (χ3n) is 5.25. The number of carbonyl (C=O) groups excluding carboxylic acids is 2. The second-order valence-electron chi connectivity index (χ2n) is 7.94. The van der Waals surface area contributed by atoms with Crippen LogP contribution >= 0.6 is 0 Å². The molecule has 2 amide bonds. The summed E-state index contributed by atoms with van der Waals surface area (Å²) in [5.74, 6) is 0.340. The van der Waals surface area contributed by atoms with E-state index in [2.05, 4.69) is 11.9 Å². The first-order chi connectivity index (χ1) is 13.5. The fraction of sp³-hybridized carbons (Fsp3) is 0.435. The van der Waals surface area contributed by atoms with Gasteiger partial charge in [-0.25, -0.2) is 0 Å². The van der Waals surface area contributed by atoms with E-state index in [4.69, 9.17) is 0 Å². The Hall–Kier alpha value is -2.69. The molecule has 0 saturated carbocycles. The smallest absolute Gasteiger partial charge is 0.272 e. The number of nitrogens with zero attached hydrogens (tertiary/aromatic N) is 3. The molecule has 1 fully saturated rings. The SMILES string of the molecule is CC1CCCN(C(=O)c2cc(C(=O)N(Cc3ccccc3)C(C)C)ccn2)C1. The molecule has 3 rings (SSSR count). The minimum absolute atomic E-state index is 0.0444. The van der Waals surface area contributed by atoms with Crippen LogP contribution in [-0.4, -0.2) is 45.7 Å². The standard InChI is InChI=1S/C23H29N3O2/c1-17(2)26(16-19-9-5-4-6-10-19)22(27)20-11-12-24-21(14-20)23(28)25-13-7-8-18(3)15-25/h4-6,9-12,14,17-18H,7-8,13,15-16H2,1-3H3. The summed E-state index contributed by atoms with van der Waals surface area (Å²) in [6.45, 7) is 8.22. The molecule has 5 nitrogen and oxygen atoms in total. The van der Waals surface area contributed by atoms with E-state index < -0.39 is 0 Å². The molecule has 1 aliphatic rings. The van der Waals surface area contributed by atoms with Gasteiger partial charge >= 0.3 is 0 Å². The number of benzene rings is 1. The van der Waals surface area contributed by atoms with Gasteiger partial charge in [-0.1, -0.05) is 37.3 Å². The number of rotatable bonds is 5. The van der Waals surface area contributed by atoms with Gasteiger partial charge in [-0.2, -0.15) is 0 Å². The Balaban J connectivity index is 1.79.